The first-order valence-corrected chi connectivity index (χ1v) is 7.39. The van der Waals surface area contributed by atoms with E-state index in [-0.39, 0.29) is 5.91 Å². The molecule has 5 heteroatoms. The Hall–Kier alpha value is -1.59. The maximum absolute atomic E-state index is 12.1. The molecule has 2 N–H and O–H groups in total. The average molecular weight is 290 g/mol. The third-order valence-electron chi connectivity index (χ3n) is 4.33. The molecule has 21 heavy (non-hydrogen) atoms. The first-order valence-electron chi connectivity index (χ1n) is 7.39. The van der Waals surface area contributed by atoms with E-state index in [9.17, 15) is 9.90 Å². The lowest BCUT2D eigenvalue weighted by molar-refractivity contribution is -0.132. The summed E-state index contributed by atoms with van der Waals surface area (Å²) >= 11 is 0. The number of carbonyl (C=O) groups excluding carboxylic acids is 1. The predicted octanol–water partition coefficient (Wildman–Crippen LogP) is 1.40. The number of likely N-dealkylation sites (tertiary alicyclic amines) is 1. The van der Waals surface area contributed by atoms with Gasteiger partial charge in [-0.1, -0.05) is 6.07 Å². The molecule has 1 heterocycles. The minimum Gasteiger partial charge on any atom is -0.495 e. The summed E-state index contributed by atoms with van der Waals surface area (Å²) in [6.07, 6.45) is 2.24. The molecule has 3 rings (SSSR count). The van der Waals surface area contributed by atoms with Crippen molar-refractivity contribution >= 4 is 11.6 Å². The van der Waals surface area contributed by atoms with Crippen LogP contribution < -0.4 is 10.1 Å². The van der Waals surface area contributed by atoms with Gasteiger partial charge in [0, 0.05) is 13.1 Å². The third-order valence-corrected chi connectivity index (χ3v) is 4.33. The summed E-state index contributed by atoms with van der Waals surface area (Å²) in [5, 5.41) is 13.1. The zero-order valence-corrected chi connectivity index (χ0v) is 12.6. The Bertz CT molecular complexity index is 548. The SMILES string of the molecule is COc1ccc(C)cc1NC(=O)CN1CC(O)(C2CC2)C1. The van der Waals surface area contributed by atoms with Gasteiger partial charge in [0.2, 0.25) is 5.91 Å². The fraction of sp³-hybridized carbons (Fsp3) is 0.562. The highest BCUT2D eigenvalue weighted by Crippen LogP contribution is 2.44. The van der Waals surface area contributed by atoms with Crippen molar-refractivity contribution in [3.63, 3.8) is 0 Å². The van der Waals surface area contributed by atoms with Crippen LogP contribution in [0.3, 0.4) is 0 Å². The monoisotopic (exact) mass is 290 g/mol. The van der Waals surface area contributed by atoms with Crippen LogP contribution in [0.15, 0.2) is 18.2 Å². The molecule has 1 saturated heterocycles. The molecule has 114 valence electrons. The summed E-state index contributed by atoms with van der Waals surface area (Å²) in [4.78, 5) is 14.1. The summed E-state index contributed by atoms with van der Waals surface area (Å²) in [6, 6.07) is 5.69. The number of nitrogens with zero attached hydrogens (tertiary/aromatic N) is 1. The van der Waals surface area contributed by atoms with Gasteiger partial charge in [0.05, 0.1) is 24.9 Å². The molecule has 0 radical (unpaired) electrons. The second kappa shape index (κ2) is 5.31. The summed E-state index contributed by atoms with van der Waals surface area (Å²) in [7, 11) is 1.59. The average Bonchev–Trinajstić information content (AvgIpc) is 3.21. The molecule has 0 atom stereocenters. The molecule has 1 aromatic rings. The van der Waals surface area contributed by atoms with Gasteiger partial charge < -0.3 is 15.2 Å². The Morgan fingerprint density at radius 3 is 2.81 bits per heavy atom. The molecule has 0 unspecified atom stereocenters. The van der Waals surface area contributed by atoms with Gasteiger partial charge in [0.15, 0.2) is 0 Å². The summed E-state index contributed by atoms with van der Waals surface area (Å²) < 4.78 is 5.25. The van der Waals surface area contributed by atoms with E-state index in [0.717, 1.165) is 18.4 Å². The first-order chi connectivity index (χ1) is 10.00. The molecule has 1 aromatic carbocycles. The standard InChI is InChI=1S/C16H22N2O3/c1-11-3-6-14(21-2)13(7-11)17-15(19)8-18-9-16(20,10-18)12-4-5-12/h3,6-7,12,20H,4-5,8-10H2,1-2H3,(H,17,19). The van der Waals surface area contributed by atoms with E-state index in [0.29, 0.717) is 37.0 Å². The molecular weight excluding hydrogens is 268 g/mol. The number of aliphatic hydroxyl groups is 1. The summed E-state index contributed by atoms with van der Waals surface area (Å²) in [6.45, 7) is 3.50. The van der Waals surface area contributed by atoms with Gasteiger partial charge in [-0.15, -0.1) is 0 Å². The van der Waals surface area contributed by atoms with Crippen LogP contribution in [0.5, 0.6) is 5.75 Å². The van der Waals surface area contributed by atoms with E-state index in [1.54, 1.807) is 7.11 Å². The minimum absolute atomic E-state index is 0.0725. The number of nitrogens with one attached hydrogen (secondary N) is 1. The third kappa shape index (κ3) is 3.04. The van der Waals surface area contributed by atoms with Crippen molar-refractivity contribution in [1.82, 2.24) is 4.90 Å². The van der Waals surface area contributed by atoms with Crippen LogP contribution >= 0.6 is 0 Å². The van der Waals surface area contributed by atoms with Crippen molar-refractivity contribution in [2.75, 3.05) is 32.1 Å². The highest BCUT2D eigenvalue weighted by molar-refractivity contribution is 5.93. The second-order valence-electron chi connectivity index (χ2n) is 6.27. The Kier molecular flexibility index (Phi) is 3.63. The number of rotatable bonds is 5. The van der Waals surface area contributed by atoms with E-state index >= 15 is 0 Å². The molecule has 5 nitrogen and oxygen atoms in total. The fourth-order valence-electron chi connectivity index (χ4n) is 3.03. The number of aryl methyl sites for hydroxylation is 1. The molecule has 1 saturated carbocycles. The first kappa shape index (κ1) is 14.4. The zero-order valence-electron chi connectivity index (χ0n) is 12.6. The smallest absolute Gasteiger partial charge is 0.238 e. The minimum atomic E-state index is -0.540. The second-order valence-corrected chi connectivity index (χ2v) is 6.27. The van der Waals surface area contributed by atoms with Crippen LogP contribution in [0.1, 0.15) is 18.4 Å². The fourth-order valence-corrected chi connectivity index (χ4v) is 3.03. The molecule has 0 bridgehead atoms. The molecule has 1 amide bonds. The van der Waals surface area contributed by atoms with E-state index < -0.39 is 5.60 Å². The molecule has 1 aliphatic heterocycles. The molecular formula is C16H22N2O3. The van der Waals surface area contributed by atoms with Gasteiger partial charge >= 0.3 is 0 Å². The molecule has 2 aliphatic rings. The molecule has 2 fully saturated rings. The van der Waals surface area contributed by atoms with Crippen molar-refractivity contribution in [3.05, 3.63) is 23.8 Å². The highest BCUT2D eigenvalue weighted by atomic mass is 16.5. The number of ether oxygens (including phenoxy) is 1. The lowest BCUT2D eigenvalue weighted by Crippen LogP contribution is -2.64. The number of methoxy groups -OCH3 is 1. The maximum atomic E-state index is 12.1. The van der Waals surface area contributed by atoms with Crippen molar-refractivity contribution < 1.29 is 14.6 Å². The van der Waals surface area contributed by atoms with Gasteiger partial charge in [-0.3, -0.25) is 9.69 Å². The quantitative estimate of drug-likeness (QED) is 0.860. The molecule has 0 aromatic heterocycles. The number of benzene rings is 1. The van der Waals surface area contributed by atoms with Gasteiger partial charge in [-0.25, -0.2) is 0 Å². The topological polar surface area (TPSA) is 61.8 Å². The van der Waals surface area contributed by atoms with Crippen LogP contribution in [0.4, 0.5) is 5.69 Å². The van der Waals surface area contributed by atoms with Crippen molar-refractivity contribution in [2.24, 2.45) is 5.92 Å². The Labute approximate surface area is 124 Å². The van der Waals surface area contributed by atoms with E-state index in [1.807, 2.05) is 30.0 Å². The van der Waals surface area contributed by atoms with E-state index in [1.165, 1.54) is 0 Å². The van der Waals surface area contributed by atoms with Crippen LogP contribution in [0.2, 0.25) is 0 Å². The number of β-amino-alcohol motifs (C(OH)–C–C–N with tert-alkyl or cyclic N) is 1. The van der Waals surface area contributed by atoms with Gasteiger partial charge in [0.25, 0.3) is 0 Å². The summed E-state index contributed by atoms with van der Waals surface area (Å²) in [5.74, 6) is 1.04. The Balaban J connectivity index is 1.54. The summed E-state index contributed by atoms with van der Waals surface area (Å²) in [5.41, 5.74) is 1.22. The lowest BCUT2D eigenvalue weighted by atomic mass is 9.89. The molecule has 0 spiro atoms. The highest BCUT2D eigenvalue weighted by Gasteiger charge is 2.51. The number of hydrogen-bond acceptors (Lipinski definition) is 4. The Morgan fingerprint density at radius 1 is 1.48 bits per heavy atom. The van der Waals surface area contributed by atoms with Crippen LogP contribution in [0, 0.1) is 12.8 Å². The molecule has 1 aliphatic carbocycles. The largest absolute Gasteiger partial charge is 0.495 e. The van der Waals surface area contributed by atoms with Crippen LogP contribution in [-0.4, -0.2) is 48.3 Å². The number of carbonyl (C=O) groups is 1. The Morgan fingerprint density at radius 2 is 2.19 bits per heavy atom. The van der Waals surface area contributed by atoms with Crippen molar-refractivity contribution in [2.45, 2.75) is 25.4 Å². The maximum Gasteiger partial charge on any atom is 0.238 e. The van der Waals surface area contributed by atoms with E-state index in [2.05, 4.69) is 5.32 Å². The van der Waals surface area contributed by atoms with Gasteiger partial charge in [-0.2, -0.15) is 0 Å². The predicted molar refractivity (Wildman–Crippen MR) is 80.5 cm³/mol. The van der Waals surface area contributed by atoms with Crippen LogP contribution in [-0.2, 0) is 4.79 Å². The zero-order chi connectivity index (χ0) is 15.0. The van der Waals surface area contributed by atoms with Gasteiger partial charge in [0.1, 0.15) is 5.75 Å². The van der Waals surface area contributed by atoms with E-state index in [4.69, 9.17) is 4.74 Å². The van der Waals surface area contributed by atoms with Gasteiger partial charge in [-0.05, 0) is 43.4 Å². The number of amides is 1. The van der Waals surface area contributed by atoms with Crippen molar-refractivity contribution in [3.8, 4) is 5.75 Å². The number of hydrogen-bond donors (Lipinski definition) is 2. The van der Waals surface area contributed by atoms with Crippen molar-refractivity contribution in [1.29, 1.82) is 0 Å². The normalized spacial score (nSPS) is 20.7. The lowest BCUT2D eigenvalue weighted by Gasteiger charge is -2.46. The number of anilines is 1. The van der Waals surface area contributed by atoms with Crippen LogP contribution in [0.25, 0.3) is 0 Å².